The minimum Gasteiger partial charge on any atom is -1.00 e. The van der Waals surface area contributed by atoms with Crippen LogP contribution in [0, 0.1) is 11.3 Å². The van der Waals surface area contributed by atoms with E-state index in [0.29, 0.717) is 11.0 Å². The van der Waals surface area contributed by atoms with Crippen molar-refractivity contribution in [3.05, 3.63) is 12.2 Å². The van der Waals surface area contributed by atoms with Gasteiger partial charge in [0.2, 0.25) is 0 Å². The third-order valence-electron chi connectivity index (χ3n) is 2.06. The van der Waals surface area contributed by atoms with E-state index >= 15 is 0 Å². The number of aliphatic hydroxyl groups excluding tert-OH is 1. The molecule has 0 heterocycles. The maximum atomic E-state index is 9.07. The van der Waals surface area contributed by atoms with E-state index in [2.05, 4.69) is 12.6 Å². The van der Waals surface area contributed by atoms with Crippen molar-refractivity contribution in [3.63, 3.8) is 0 Å². The molecule has 0 amide bonds. The summed E-state index contributed by atoms with van der Waals surface area (Å²) in [6.45, 7) is 6.10. The van der Waals surface area contributed by atoms with Crippen molar-refractivity contribution in [2.75, 3.05) is 27.2 Å². The topological polar surface area (TPSA) is 44.0 Å². The van der Waals surface area contributed by atoms with E-state index in [0.717, 1.165) is 5.57 Å². The number of halogens is 1. The first-order valence-electron chi connectivity index (χ1n) is 3.91. The van der Waals surface area contributed by atoms with Crippen molar-refractivity contribution in [3.8, 4) is 6.07 Å². The highest BCUT2D eigenvalue weighted by Gasteiger charge is 2.27. The molecule has 0 bridgehead atoms. The summed E-state index contributed by atoms with van der Waals surface area (Å²) in [6.07, 6.45) is 0. The molecule has 0 fully saturated rings. The zero-order valence-corrected chi connectivity index (χ0v) is 10.0. The van der Waals surface area contributed by atoms with Crippen LogP contribution < -0.4 is 17.0 Å². The van der Waals surface area contributed by atoms with Gasteiger partial charge in [-0.1, -0.05) is 6.58 Å². The van der Waals surface area contributed by atoms with E-state index < -0.39 is 0 Å². The summed E-state index contributed by atoms with van der Waals surface area (Å²) in [6, 6.07) is 2.06. The largest absolute Gasteiger partial charge is 1.00 e. The molecule has 4 heteroatoms. The Hall–Kier alpha value is -0.370. The normalized spacial score (nSPS) is 12.5. The molecule has 0 spiro atoms. The average molecular weight is 249 g/mol. The first-order valence-corrected chi connectivity index (χ1v) is 3.91. The van der Waals surface area contributed by atoms with Crippen molar-refractivity contribution < 1.29 is 26.6 Å². The number of nitriles is 1. The van der Waals surface area contributed by atoms with E-state index in [1.807, 2.05) is 21.0 Å². The number of nitrogens with zero attached hydrogens (tertiary/aromatic N) is 2. The van der Waals surface area contributed by atoms with Crippen LogP contribution in [0.1, 0.15) is 6.92 Å². The van der Waals surface area contributed by atoms with Gasteiger partial charge in [-0.15, -0.1) is 0 Å². The summed E-state index contributed by atoms with van der Waals surface area (Å²) in [5, 5.41) is 17.6. The molecule has 76 valence electrons. The highest BCUT2D eigenvalue weighted by Crippen LogP contribution is 2.12. The summed E-state index contributed by atoms with van der Waals surface area (Å²) in [5.74, 6) is 0. The van der Waals surface area contributed by atoms with Crippen LogP contribution in [0.25, 0.3) is 0 Å². The van der Waals surface area contributed by atoms with Gasteiger partial charge in [-0.3, -0.25) is 0 Å². The van der Waals surface area contributed by atoms with Crippen LogP contribution in [-0.4, -0.2) is 42.9 Å². The average Bonchev–Trinajstić information content (AvgIpc) is 1.86. The third-order valence-corrected chi connectivity index (χ3v) is 2.06. The second-order valence-corrected chi connectivity index (χ2v) is 3.64. The van der Waals surface area contributed by atoms with Crippen molar-refractivity contribution >= 4 is 0 Å². The lowest BCUT2D eigenvalue weighted by Gasteiger charge is -2.35. The van der Waals surface area contributed by atoms with Gasteiger partial charge in [-0.2, -0.15) is 5.26 Å². The quantitative estimate of drug-likeness (QED) is 0.341. The van der Waals surface area contributed by atoms with Gasteiger partial charge < -0.3 is 26.6 Å². The van der Waals surface area contributed by atoms with E-state index in [1.165, 1.54) is 0 Å². The Morgan fingerprint density at radius 2 is 2.08 bits per heavy atom. The first-order chi connectivity index (χ1) is 5.45. The fourth-order valence-electron chi connectivity index (χ4n) is 1.27. The van der Waals surface area contributed by atoms with Crippen LogP contribution in [0.3, 0.4) is 0 Å². The molecule has 0 aromatic rings. The fourth-order valence-corrected chi connectivity index (χ4v) is 1.27. The van der Waals surface area contributed by atoms with E-state index in [1.54, 1.807) is 0 Å². The fraction of sp³-hybridized carbons (Fsp3) is 0.667. The maximum absolute atomic E-state index is 9.07. The van der Waals surface area contributed by atoms with Crippen LogP contribution in [0.5, 0.6) is 0 Å². The van der Waals surface area contributed by atoms with Crippen LogP contribution in [0.4, 0.5) is 0 Å². The van der Waals surface area contributed by atoms with Gasteiger partial charge in [0, 0.05) is 0 Å². The monoisotopic (exact) mass is 248 g/mol. The molecule has 0 aliphatic heterocycles. The van der Waals surface area contributed by atoms with Gasteiger partial charge in [0.05, 0.1) is 20.7 Å². The summed E-state index contributed by atoms with van der Waals surface area (Å²) >= 11 is 0. The molecule has 0 aromatic carbocycles. The molecule has 0 saturated heterocycles. The Balaban J connectivity index is 0. The molecular weight excluding hydrogens is 232 g/mol. The molecule has 0 saturated carbocycles. The number of hydrogen-bond acceptors (Lipinski definition) is 2. The van der Waals surface area contributed by atoms with Crippen LogP contribution >= 0.6 is 0 Å². The lowest BCUT2D eigenvalue weighted by Crippen LogP contribution is -3.00. The maximum Gasteiger partial charge on any atom is 0.166 e. The van der Waals surface area contributed by atoms with E-state index in [4.69, 9.17) is 10.4 Å². The number of likely N-dealkylation sites (N-methyl/N-ethyl adjacent to an activating group) is 1. The lowest BCUT2D eigenvalue weighted by molar-refractivity contribution is -0.903. The van der Waals surface area contributed by atoms with Crippen molar-refractivity contribution in [1.82, 2.24) is 0 Å². The zero-order chi connectivity index (χ0) is 9.78. The second kappa shape index (κ2) is 6.14. The molecule has 1 atom stereocenters. The molecule has 0 radical (unpaired) electrons. The minimum absolute atomic E-state index is 0. The Morgan fingerprint density at radius 3 is 2.31 bits per heavy atom. The van der Waals surface area contributed by atoms with Gasteiger partial charge in [0.15, 0.2) is 6.54 Å². The van der Waals surface area contributed by atoms with Gasteiger partial charge in [-0.05, 0) is 12.5 Å². The summed E-state index contributed by atoms with van der Waals surface area (Å²) in [7, 11) is 3.83. The van der Waals surface area contributed by atoms with Crippen LogP contribution in [-0.2, 0) is 0 Å². The van der Waals surface area contributed by atoms with Gasteiger partial charge in [0.25, 0.3) is 0 Å². The highest BCUT2D eigenvalue weighted by molar-refractivity contribution is 4.98. The molecule has 1 unspecified atom stereocenters. The summed E-state index contributed by atoms with van der Waals surface area (Å²) < 4.78 is 0.475. The van der Waals surface area contributed by atoms with Gasteiger partial charge in [-0.25, -0.2) is 0 Å². The molecule has 1 N–H and O–H groups in total. The smallest absolute Gasteiger partial charge is 0.166 e. The minimum atomic E-state index is -0.0374. The third kappa shape index (κ3) is 4.41. The molecule has 0 aliphatic rings. The van der Waals surface area contributed by atoms with Gasteiger partial charge >= 0.3 is 0 Å². The lowest BCUT2D eigenvalue weighted by atomic mass is 10.1. The predicted molar refractivity (Wildman–Crippen MR) is 48.3 cm³/mol. The Morgan fingerprint density at radius 1 is 1.62 bits per heavy atom. The van der Waals surface area contributed by atoms with Crippen molar-refractivity contribution in [2.24, 2.45) is 0 Å². The van der Waals surface area contributed by atoms with Crippen LogP contribution in [0.15, 0.2) is 12.2 Å². The number of aliphatic hydroxyl groups is 1. The summed E-state index contributed by atoms with van der Waals surface area (Å²) in [5.41, 5.74) is 0.915. The molecule has 0 aromatic heterocycles. The number of rotatable bonds is 4. The zero-order valence-electron chi connectivity index (χ0n) is 8.42. The highest BCUT2D eigenvalue weighted by atomic mass is 79.9. The standard InChI is InChI=1S/C9H17N2O.BrH/c1-8(2)9(7-12)11(3,4)6-5-10;/h9,12H,1,6-7H2,2-4H3;1H/q+1;/p-1. The van der Waals surface area contributed by atoms with Gasteiger partial charge in [0.1, 0.15) is 12.1 Å². The Bertz CT molecular complexity index is 208. The van der Waals surface area contributed by atoms with Crippen molar-refractivity contribution in [1.29, 1.82) is 5.26 Å². The van der Waals surface area contributed by atoms with Crippen LogP contribution in [0.2, 0.25) is 0 Å². The number of hydrogen-bond donors (Lipinski definition) is 1. The molecule has 3 nitrogen and oxygen atoms in total. The number of quaternary nitrogens is 1. The van der Waals surface area contributed by atoms with E-state index in [9.17, 15) is 0 Å². The SMILES string of the molecule is C=C(C)C(CO)[N+](C)(C)CC#N.[Br-]. The first kappa shape index (κ1) is 15.1. The summed E-state index contributed by atoms with van der Waals surface area (Å²) in [4.78, 5) is 0. The van der Waals surface area contributed by atoms with Crippen molar-refractivity contribution in [2.45, 2.75) is 13.0 Å². The predicted octanol–water partition coefficient (Wildman–Crippen LogP) is -2.47. The molecule has 0 rings (SSSR count). The van der Waals surface area contributed by atoms with E-state index in [-0.39, 0.29) is 29.6 Å². The molecular formula is C9H17BrN2O. The molecule has 13 heavy (non-hydrogen) atoms. The molecule has 0 aliphatic carbocycles. The Labute approximate surface area is 90.6 Å². The Kier molecular flexibility index (Phi) is 7.14. The second-order valence-electron chi connectivity index (χ2n) is 3.64.